The van der Waals surface area contributed by atoms with Crippen molar-refractivity contribution in [1.82, 2.24) is 10.3 Å². The zero-order valence-electron chi connectivity index (χ0n) is 15.7. The molecule has 0 unspecified atom stereocenters. The van der Waals surface area contributed by atoms with Crippen molar-refractivity contribution in [2.24, 2.45) is 0 Å². The number of aromatic nitrogens is 1. The van der Waals surface area contributed by atoms with Crippen molar-refractivity contribution < 1.29 is 32.2 Å². The molecule has 0 atom stereocenters. The number of piperidine rings is 1. The fraction of sp³-hybridized carbons (Fsp3) is 0.350. The minimum absolute atomic E-state index is 0.0467. The fourth-order valence-electron chi connectivity index (χ4n) is 2.71. The Hall–Kier alpha value is -3.19. The molecule has 1 saturated heterocycles. The maximum absolute atomic E-state index is 13.9. The van der Waals surface area contributed by atoms with Crippen LogP contribution in [-0.2, 0) is 11.4 Å². The Kier molecular flexibility index (Phi) is 8.12. The third kappa shape index (κ3) is 7.00. The Labute approximate surface area is 170 Å². The minimum Gasteiger partial charge on any atom is -0.475 e. The predicted molar refractivity (Wildman–Crippen MR) is 98.2 cm³/mol. The molecule has 30 heavy (non-hydrogen) atoms. The zero-order valence-corrected chi connectivity index (χ0v) is 15.7. The number of hydrogen-bond donors (Lipinski definition) is 2. The van der Waals surface area contributed by atoms with Crippen LogP contribution in [0.15, 0.2) is 36.4 Å². The summed E-state index contributed by atoms with van der Waals surface area (Å²) in [6.45, 7) is 2.15. The highest BCUT2D eigenvalue weighted by Gasteiger charge is 2.38. The van der Waals surface area contributed by atoms with Gasteiger partial charge in [-0.2, -0.15) is 18.4 Å². The van der Waals surface area contributed by atoms with Crippen LogP contribution in [0.4, 0.5) is 17.6 Å². The first-order chi connectivity index (χ1) is 14.2. The Morgan fingerprint density at radius 3 is 2.33 bits per heavy atom. The van der Waals surface area contributed by atoms with Gasteiger partial charge < -0.3 is 15.2 Å². The van der Waals surface area contributed by atoms with Gasteiger partial charge in [0.2, 0.25) is 0 Å². The van der Waals surface area contributed by atoms with Crippen molar-refractivity contribution in [2.75, 3.05) is 13.1 Å². The van der Waals surface area contributed by atoms with Gasteiger partial charge in [-0.3, -0.25) is 0 Å². The van der Waals surface area contributed by atoms with E-state index in [4.69, 9.17) is 19.9 Å². The van der Waals surface area contributed by atoms with Crippen molar-refractivity contribution in [2.45, 2.75) is 31.5 Å². The van der Waals surface area contributed by atoms with Crippen molar-refractivity contribution in [1.29, 1.82) is 5.26 Å². The lowest BCUT2D eigenvalue weighted by atomic mass is 9.94. The van der Waals surface area contributed by atoms with Crippen LogP contribution in [0.25, 0.3) is 0 Å². The van der Waals surface area contributed by atoms with Gasteiger partial charge in [-0.1, -0.05) is 12.1 Å². The highest BCUT2D eigenvalue weighted by molar-refractivity contribution is 5.73. The summed E-state index contributed by atoms with van der Waals surface area (Å²) in [4.78, 5) is 13.3. The number of halogens is 4. The molecule has 1 aromatic carbocycles. The third-order valence-corrected chi connectivity index (χ3v) is 4.29. The molecule has 1 fully saturated rings. The van der Waals surface area contributed by atoms with E-state index in [9.17, 15) is 17.6 Å². The topological polar surface area (TPSA) is 95.2 Å². The second kappa shape index (κ2) is 10.5. The van der Waals surface area contributed by atoms with Gasteiger partial charge in [0.15, 0.2) is 5.82 Å². The van der Waals surface area contributed by atoms with Crippen molar-refractivity contribution in [3.8, 4) is 11.9 Å². The summed E-state index contributed by atoms with van der Waals surface area (Å²) in [5, 5.41) is 19.2. The Morgan fingerprint density at radius 1 is 1.20 bits per heavy atom. The average Bonchev–Trinajstić information content (AvgIpc) is 2.74. The molecule has 2 aromatic rings. The second-order valence-electron chi connectivity index (χ2n) is 6.45. The maximum Gasteiger partial charge on any atom is 0.490 e. The number of carboxylic acids is 1. The number of benzene rings is 1. The quantitative estimate of drug-likeness (QED) is 0.724. The molecule has 0 spiro atoms. The normalized spacial score (nSPS) is 14.2. The highest BCUT2D eigenvalue weighted by atomic mass is 19.4. The molecule has 10 heteroatoms. The van der Waals surface area contributed by atoms with Gasteiger partial charge in [0.25, 0.3) is 5.88 Å². The SMILES string of the molecule is N#Cc1ccc(COc2nc(C3CCNCC3)ccc2F)cc1.O=C(O)C(F)(F)F. The first-order valence-corrected chi connectivity index (χ1v) is 9.00. The van der Waals surface area contributed by atoms with Gasteiger partial charge in [-0.05, 0) is 55.8 Å². The molecular formula is C20H19F4N3O3. The molecular weight excluding hydrogens is 406 g/mol. The highest BCUT2D eigenvalue weighted by Crippen LogP contribution is 2.26. The van der Waals surface area contributed by atoms with E-state index in [1.807, 2.05) is 0 Å². The van der Waals surface area contributed by atoms with Gasteiger partial charge in [-0.25, -0.2) is 14.2 Å². The number of carboxylic acid groups (broad SMARTS) is 1. The number of ether oxygens (including phenoxy) is 1. The summed E-state index contributed by atoms with van der Waals surface area (Å²) in [6, 6.07) is 12.3. The molecule has 0 aliphatic carbocycles. The Bertz CT molecular complexity index is 890. The number of nitrogens with one attached hydrogen (secondary N) is 1. The van der Waals surface area contributed by atoms with E-state index in [1.165, 1.54) is 6.07 Å². The molecule has 1 aliphatic heterocycles. The van der Waals surface area contributed by atoms with E-state index < -0.39 is 18.0 Å². The van der Waals surface area contributed by atoms with Gasteiger partial charge in [0, 0.05) is 11.6 Å². The summed E-state index contributed by atoms with van der Waals surface area (Å²) in [6.07, 6.45) is -3.07. The van der Waals surface area contributed by atoms with Gasteiger partial charge in [0.1, 0.15) is 6.61 Å². The summed E-state index contributed by atoms with van der Waals surface area (Å²) >= 11 is 0. The molecule has 1 aliphatic rings. The standard InChI is InChI=1S/C18H18FN3O.C2HF3O2/c19-16-5-6-17(15-7-9-21-10-8-15)22-18(16)23-12-14-3-1-13(11-20)2-4-14;3-2(4,5)1(6)7/h1-6,15,21H,7-10,12H2;(H,6,7). The van der Waals surface area contributed by atoms with Crippen molar-refractivity contribution in [3.05, 3.63) is 59.0 Å². The van der Waals surface area contributed by atoms with Gasteiger partial charge in [0.05, 0.1) is 11.6 Å². The fourth-order valence-corrected chi connectivity index (χ4v) is 2.71. The molecule has 1 aromatic heterocycles. The van der Waals surface area contributed by atoms with E-state index in [0.29, 0.717) is 11.5 Å². The number of pyridine rings is 1. The number of nitrogens with zero attached hydrogens (tertiary/aromatic N) is 2. The van der Waals surface area contributed by atoms with Crippen LogP contribution in [0.3, 0.4) is 0 Å². The number of aliphatic carboxylic acids is 1. The van der Waals surface area contributed by atoms with Gasteiger partial charge >= 0.3 is 12.1 Å². The zero-order chi connectivity index (χ0) is 22.1. The number of hydrogen-bond acceptors (Lipinski definition) is 5. The Morgan fingerprint density at radius 2 is 1.80 bits per heavy atom. The van der Waals surface area contributed by atoms with E-state index >= 15 is 0 Å². The molecule has 160 valence electrons. The number of carbonyl (C=O) groups is 1. The number of rotatable bonds is 4. The first-order valence-electron chi connectivity index (χ1n) is 9.00. The van der Waals surface area contributed by atoms with E-state index in [2.05, 4.69) is 16.4 Å². The van der Waals surface area contributed by atoms with Crippen LogP contribution in [0.2, 0.25) is 0 Å². The monoisotopic (exact) mass is 425 g/mol. The molecule has 2 heterocycles. The predicted octanol–water partition coefficient (Wildman–Crippen LogP) is 3.77. The molecule has 3 rings (SSSR count). The van der Waals surface area contributed by atoms with Crippen LogP contribution >= 0.6 is 0 Å². The van der Waals surface area contributed by atoms with E-state index in [-0.39, 0.29) is 12.5 Å². The molecule has 0 amide bonds. The van der Waals surface area contributed by atoms with Crippen LogP contribution in [-0.4, -0.2) is 35.3 Å². The molecule has 6 nitrogen and oxygen atoms in total. The number of nitriles is 1. The lowest BCUT2D eigenvalue weighted by Gasteiger charge is -2.22. The lowest BCUT2D eigenvalue weighted by molar-refractivity contribution is -0.192. The molecule has 0 bridgehead atoms. The first kappa shape index (κ1) is 23.1. The van der Waals surface area contributed by atoms with E-state index in [0.717, 1.165) is 37.2 Å². The van der Waals surface area contributed by atoms with Gasteiger partial charge in [-0.15, -0.1) is 0 Å². The van der Waals surface area contributed by atoms with Crippen LogP contribution in [0.5, 0.6) is 5.88 Å². The summed E-state index contributed by atoms with van der Waals surface area (Å²) < 4.78 is 51.2. The number of alkyl halides is 3. The molecule has 0 radical (unpaired) electrons. The summed E-state index contributed by atoms with van der Waals surface area (Å²) in [7, 11) is 0. The molecule has 0 saturated carbocycles. The van der Waals surface area contributed by atoms with Crippen molar-refractivity contribution >= 4 is 5.97 Å². The van der Waals surface area contributed by atoms with E-state index in [1.54, 1.807) is 30.3 Å². The average molecular weight is 425 g/mol. The molecule has 2 N–H and O–H groups in total. The summed E-state index contributed by atoms with van der Waals surface area (Å²) in [5.41, 5.74) is 2.35. The summed E-state index contributed by atoms with van der Waals surface area (Å²) in [5.74, 6) is -2.80. The second-order valence-corrected chi connectivity index (χ2v) is 6.45. The van der Waals surface area contributed by atoms with Crippen LogP contribution in [0, 0.1) is 17.1 Å². The Balaban J connectivity index is 0.000000396. The third-order valence-electron chi connectivity index (χ3n) is 4.29. The minimum atomic E-state index is -5.08. The van der Waals surface area contributed by atoms with Crippen LogP contribution < -0.4 is 10.1 Å². The van der Waals surface area contributed by atoms with Crippen molar-refractivity contribution in [3.63, 3.8) is 0 Å². The largest absolute Gasteiger partial charge is 0.490 e. The smallest absolute Gasteiger partial charge is 0.475 e. The lowest BCUT2D eigenvalue weighted by Crippen LogP contribution is -2.27. The maximum atomic E-state index is 13.9. The van der Waals surface area contributed by atoms with Crippen LogP contribution in [0.1, 0.15) is 35.6 Å².